The van der Waals surface area contributed by atoms with Crippen LogP contribution in [-0.2, 0) is 18.2 Å². The minimum Gasteiger partial charge on any atom is -0.371 e. The van der Waals surface area contributed by atoms with Crippen LogP contribution in [0.3, 0.4) is 0 Å². The lowest BCUT2D eigenvalue weighted by atomic mass is 10.1. The minimum atomic E-state index is -0.154. The molecule has 1 aliphatic rings. The van der Waals surface area contributed by atoms with Crippen molar-refractivity contribution in [2.24, 2.45) is 7.05 Å². The molecule has 3 rings (SSSR count). The number of hydrogen-bond donors (Lipinski definition) is 2. The zero-order valence-corrected chi connectivity index (χ0v) is 15.0. The van der Waals surface area contributed by atoms with Crippen molar-refractivity contribution < 1.29 is 9.53 Å². The highest BCUT2D eigenvalue weighted by molar-refractivity contribution is 7.11. The number of carbonyl (C=O) groups is 1. The third-order valence-corrected chi connectivity index (χ3v) is 5.23. The third-order valence-electron chi connectivity index (χ3n) is 4.10. The van der Waals surface area contributed by atoms with Gasteiger partial charge < -0.3 is 15.4 Å². The van der Waals surface area contributed by atoms with Gasteiger partial charge in [-0.2, -0.15) is 5.10 Å². The Hall–Kier alpha value is -1.93. The van der Waals surface area contributed by atoms with E-state index >= 15 is 0 Å². The summed E-state index contributed by atoms with van der Waals surface area (Å²) in [6.45, 7) is 5.25. The average Bonchev–Trinajstić information content (AvgIpc) is 3.21. The van der Waals surface area contributed by atoms with Crippen molar-refractivity contribution in [3.63, 3.8) is 0 Å². The number of thiazole rings is 1. The summed E-state index contributed by atoms with van der Waals surface area (Å²) in [5.41, 5.74) is 2.05. The van der Waals surface area contributed by atoms with Crippen molar-refractivity contribution in [1.29, 1.82) is 0 Å². The number of hydrogen-bond acceptors (Lipinski definition) is 5. The number of nitrogens with zero attached hydrogens (tertiary/aromatic N) is 3. The first-order valence-corrected chi connectivity index (χ1v) is 8.92. The maximum Gasteiger partial charge on any atom is 0.315 e. The SMILES string of the molecule is Cc1nc(C)c(CCNC(=O)N[C@H]2CCO[C@@H]2c2cnn(C)c2)s1. The molecule has 2 amide bonds. The van der Waals surface area contributed by atoms with Gasteiger partial charge in [-0.3, -0.25) is 4.68 Å². The standard InChI is InChI=1S/C16H23N5O2S/c1-10-14(24-11(2)19-10)4-6-17-16(22)20-13-5-7-23-15(13)12-8-18-21(3)9-12/h8-9,13,15H,4-7H2,1-3H3,(H2,17,20,22)/t13-,15+/m0/s1. The smallest absolute Gasteiger partial charge is 0.315 e. The molecule has 0 aliphatic carbocycles. The third kappa shape index (κ3) is 3.93. The van der Waals surface area contributed by atoms with E-state index in [0.29, 0.717) is 13.2 Å². The zero-order valence-electron chi connectivity index (χ0n) is 14.2. The molecule has 2 aromatic rings. The van der Waals surface area contributed by atoms with Crippen molar-refractivity contribution >= 4 is 17.4 Å². The number of rotatable bonds is 5. The fourth-order valence-electron chi connectivity index (χ4n) is 2.97. The van der Waals surface area contributed by atoms with Crippen molar-refractivity contribution in [2.75, 3.05) is 13.2 Å². The van der Waals surface area contributed by atoms with Crippen LogP contribution >= 0.6 is 11.3 Å². The van der Waals surface area contributed by atoms with Gasteiger partial charge in [-0.15, -0.1) is 11.3 Å². The molecule has 2 aromatic heterocycles. The van der Waals surface area contributed by atoms with Crippen LogP contribution in [0.5, 0.6) is 0 Å². The number of nitrogens with one attached hydrogen (secondary N) is 2. The normalized spacial score (nSPS) is 20.3. The van der Waals surface area contributed by atoms with Crippen molar-refractivity contribution in [3.8, 4) is 0 Å². The number of ether oxygens (including phenoxy) is 1. The highest BCUT2D eigenvalue weighted by Gasteiger charge is 2.31. The van der Waals surface area contributed by atoms with Gasteiger partial charge in [0.15, 0.2) is 0 Å². The molecule has 0 aromatic carbocycles. The quantitative estimate of drug-likeness (QED) is 0.863. The number of aromatic nitrogens is 3. The van der Waals surface area contributed by atoms with Gasteiger partial charge in [-0.1, -0.05) is 0 Å². The Kier molecular flexibility index (Phi) is 5.15. The predicted octanol–water partition coefficient (Wildman–Crippen LogP) is 1.87. The maximum absolute atomic E-state index is 12.2. The molecular formula is C16H23N5O2S. The summed E-state index contributed by atoms with van der Waals surface area (Å²) in [7, 11) is 1.87. The Morgan fingerprint density at radius 3 is 3.00 bits per heavy atom. The summed E-state index contributed by atoms with van der Waals surface area (Å²) >= 11 is 1.69. The molecule has 1 saturated heterocycles. The van der Waals surface area contributed by atoms with E-state index in [4.69, 9.17) is 4.74 Å². The number of aryl methyl sites for hydroxylation is 3. The highest BCUT2D eigenvalue weighted by atomic mass is 32.1. The summed E-state index contributed by atoms with van der Waals surface area (Å²) < 4.78 is 7.50. The van der Waals surface area contributed by atoms with Crippen LogP contribution in [-0.4, -0.2) is 40.0 Å². The Labute approximate surface area is 145 Å². The first kappa shape index (κ1) is 16.9. The molecule has 0 unspecified atom stereocenters. The monoisotopic (exact) mass is 349 g/mol. The molecule has 0 radical (unpaired) electrons. The largest absolute Gasteiger partial charge is 0.371 e. The topological polar surface area (TPSA) is 81.1 Å². The lowest BCUT2D eigenvalue weighted by Crippen LogP contribution is -2.43. The molecule has 8 heteroatoms. The fraction of sp³-hybridized carbons (Fsp3) is 0.562. The van der Waals surface area contributed by atoms with Crippen LogP contribution in [0, 0.1) is 13.8 Å². The molecule has 24 heavy (non-hydrogen) atoms. The van der Waals surface area contributed by atoms with Crippen molar-refractivity contribution in [1.82, 2.24) is 25.4 Å². The molecule has 0 bridgehead atoms. The summed E-state index contributed by atoms with van der Waals surface area (Å²) in [5.74, 6) is 0. The number of amides is 2. The van der Waals surface area contributed by atoms with Gasteiger partial charge in [0.2, 0.25) is 0 Å². The van der Waals surface area contributed by atoms with Crippen LogP contribution in [0.1, 0.15) is 33.7 Å². The Bertz CT molecular complexity index is 711. The van der Waals surface area contributed by atoms with Crippen molar-refractivity contribution in [2.45, 2.75) is 38.8 Å². The van der Waals surface area contributed by atoms with E-state index in [2.05, 4.69) is 20.7 Å². The van der Waals surface area contributed by atoms with E-state index in [9.17, 15) is 4.79 Å². The zero-order chi connectivity index (χ0) is 17.1. The Balaban J connectivity index is 1.48. The van der Waals surface area contributed by atoms with E-state index < -0.39 is 0 Å². The van der Waals surface area contributed by atoms with Crippen LogP contribution in [0.25, 0.3) is 0 Å². The molecule has 3 heterocycles. The Morgan fingerprint density at radius 2 is 2.33 bits per heavy atom. The number of carbonyl (C=O) groups excluding carboxylic acids is 1. The van der Waals surface area contributed by atoms with Gasteiger partial charge in [0, 0.05) is 43.3 Å². The molecule has 0 spiro atoms. The van der Waals surface area contributed by atoms with E-state index in [0.717, 1.165) is 29.1 Å². The molecular weight excluding hydrogens is 326 g/mol. The highest BCUT2D eigenvalue weighted by Crippen LogP contribution is 2.28. The summed E-state index contributed by atoms with van der Waals surface area (Å²) in [6, 6.07) is -0.181. The average molecular weight is 349 g/mol. The summed E-state index contributed by atoms with van der Waals surface area (Å²) in [6.07, 6.45) is 5.20. The minimum absolute atomic E-state index is 0.0263. The molecule has 1 aliphatic heterocycles. The van der Waals surface area contributed by atoms with Gasteiger partial charge in [0.25, 0.3) is 0 Å². The first-order valence-electron chi connectivity index (χ1n) is 8.10. The maximum atomic E-state index is 12.2. The molecule has 130 valence electrons. The second-order valence-corrected chi connectivity index (χ2v) is 7.31. The molecule has 0 saturated carbocycles. The van der Waals surface area contributed by atoms with E-state index in [-0.39, 0.29) is 18.2 Å². The molecule has 2 atom stereocenters. The molecule has 7 nitrogen and oxygen atoms in total. The Morgan fingerprint density at radius 1 is 1.50 bits per heavy atom. The fourth-order valence-corrected chi connectivity index (χ4v) is 3.90. The predicted molar refractivity (Wildman–Crippen MR) is 92.1 cm³/mol. The molecule has 1 fully saturated rings. The van der Waals surface area contributed by atoms with Gasteiger partial charge in [-0.25, -0.2) is 9.78 Å². The lowest BCUT2D eigenvalue weighted by Gasteiger charge is -2.19. The van der Waals surface area contributed by atoms with Crippen LogP contribution in [0.4, 0.5) is 4.79 Å². The van der Waals surface area contributed by atoms with Crippen molar-refractivity contribution in [3.05, 3.63) is 33.5 Å². The number of urea groups is 1. The van der Waals surface area contributed by atoms with Gasteiger partial charge in [-0.05, 0) is 20.3 Å². The van der Waals surface area contributed by atoms with Crippen LogP contribution in [0.2, 0.25) is 0 Å². The van der Waals surface area contributed by atoms with Gasteiger partial charge in [0.05, 0.1) is 22.9 Å². The van der Waals surface area contributed by atoms with Gasteiger partial charge in [0.1, 0.15) is 6.10 Å². The van der Waals surface area contributed by atoms with Crippen LogP contribution in [0.15, 0.2) is 12.4 Å². The summed E-state index contributed by atoms with van der Waals surface area (Å²) in [4.78, 5) is 17.8. The first-order chi connectivity index (χ1) is 11.5. The van der Waals surface area contributed by atoms with E-state index in [1.54, 1.807) is 22.2 Å². The van der Waals surface area contributed by atoms with Crippen LogP contribution < -0.4 is 10.6 Å². The molecule has 2 N–H and O–H groups in total. The van der Waals surface area contributed by atoms with E-state index in [1.165, 1.54) is 4.88 Å². The van der Waals surface area contributed by atoms with Gasteiger partial charge >= 0.3 is 6.03 Å². The van der Waals surface area contributed by atoms with E-state index in [1.807, 2.05) is 27.1 Å². The lowest BCUT2D eigenvalue weighted by molar-refractivity contribution is 0.0999. The second kappa shape index (κ2) is 7.31. The summed E-state index contributed by atoms with van der Waals surface area (Å²) in [5, 5.41) is 11.2. The second-order valence-electron chi connectivity index (χ2n) is 6.03.